The summed E-state index contributed by atoms with van der Waals surface area (Å²) in [6, 6.07) is 21.0. The van der Waals surface area contributed by atoms with Crippen LogP contribution >= 0.6 is 0 Å². The van der Waals surface area contributed by atoms with Crippen LogP contribution in [0.5, 0.6) is 0 Å². The highest BCUT2D eigenvalue weighted by Gasteiger charge is 2.29. The second kappa shape index (κ2) is 9.90. The molecule has 0 saturated carbocycles. The Morgan fingerprint density at radius 3 is 2.40 bits per heavy atom. The van der Waals surface area contributed by atoms with E-state index in [1.807, 2.05) is 0 Å². The van der Waals surface area contributed by atoms with Crippen LogP contribution in [0.2, 0.25) is 0 Å². The zero-order valence-electron chi connectivity index (χ0n) is 19.3. The van der Waals surface area contributed by atoms with Crippen LogP contribution in [0.15, 0.2) is 54.6 Å². The third-order valence-electron chi connectivity index (χ3n) is 7.55. The monoisotopic (exact) mass is 404 g/mol. The molecule has 2 aliphatic rings. The number of anilines is 2. The molecule has 2 aromatic rings. The van der Waals surface area contributed by atoms with Crippen LogP contribution in [0.25, 0.3) is 0 Å². The fourth-order valence-corrected chi connectivity index (χ4v) is 5.77. The standard InChI is InChI=1S/C28H40N2/c1-22(2)27-16-9-10-19-30(27)28-17-8-7-12-24(28)20-23(3)25-13-11-18-29(21-25)26-14-5-4-6-15-26/h4-8,12,14-15,17,22-23,25,27H,9-11,13,16,18-21H2,1-3H3. The maximum absolute atomic E-state index is 2.74. The first kappa shape index (κ1) is 21.3. The van der Waals surface area contributed by atoms with E-state index < -0.39 is 0 Å². The highest BCUT2D eigenvalue weighted by molar-refractivity contribution is 5.55. The lowest BCUT2D eigenvalue weighted by molar-refractivity contribution is 0.301. The quantitative estimate of drug-likeness (QED) is 0.522. The summed E-state index contributed by atoms with van der Waals surface area (Å²) in [4.78, 5) is 5.35. The molecule has 4 rings (SSSR count). The van der Waals surface area contributed by atoms with Gasteiger partial charge in [0.05, 0.1) is 0 Å². The normalized spacial score (nSPS) is 23.6. The van der Waals surface area contributed by atoms with Crippen LogP contribution in [0.1, 0.15) is 58.4 Å². The van der Waals surface area contributed by atoms with Gasteiger partial charge in [-0.3, -0.25) is 0 Å². The largest absolute Gasteiger partial charge is 0.371 e. The average Bonchev–Trinajstić information content (AvgIpc) is 2.80. The summed E-state index contributed by atoms with van der Waals surface area (Å²) in [5, 5.41) is 0. The predicted octanol–water partition coefficient (Wildman–Crippen LogP) is 6.80. The van der Waals surface area contributed by atoms with E-state index >= 15 is 0 Å². The van der Waals surface area contributed by atoms with Crippen molar-refractivity contribution in [3.05, 3.63) is 60.2 Å². The average molecular weight is 405 g/mol. The van der Waals surface area contributed by atoms with Gasteiger partial charge in [-0.05, 0) is 80.0 Å². The van der Waals surface area contributed by atoms with Gasteiger partial charge in [0.15, 0.2) is 0 Å². The Labute approximate surface area is 184 Å². The Bertz CT molecular complexity index is 784. The van der Waals surface area contributed by atoms with E-state index in [0.717, 1.165) is 5.92 Å². The molecule has 2 fully saturated rings. The molecule has 2 heteroatoms. The van der Waals surface area contributed by atoms with Crippen molar-refractivity contribution in [3.8, 4) is 0 Å². The Morgan fingerprint density at radius 1 is 0.833 bits per heavy atom. The first-order valence-corrected chi connectivity index (χ1v) is 12.3. The molecular weight excluding hydrogens is 364 g/mol. The molecule has 30 heavy (non-hydrogen) atoms. The summed E-state index contributed by atoms with van der Waals surface area (Å²) in [6.45, 7) is 10.9. The maximum atomic E-state index is 2.74. The fraction of sp³-hybridized carbons (Fsp3) is 0.571. The molecule has 2 aromatic carbocycles. The first-order chi connectivity index (χ1) is 14.6. The molecule has 0 amide bonds. The minimum Gasteiger partial charge on any atom is -0.371 e. The first-order valence-electron chi connectivity index (χ1n) is 12.3. The molecule has 2 saturated heterocycles. The van der Waals surface area contributed by atoms with E-state index in [2.05, 4.69) is 85.2 Å². The minimum absolute atomic E-state index is 0.693. The summed E-state index contributed by atoms with van der Waals surface area (Å²) in [6.07, 6.45) is 7.94. The third-order valence-corrected chi connectivity index (χ3v) is 7.55. The third kappa shape index (κ3) is 4.85. The van der Waals surface area contributed by atoms with E-state index in [1.165, 1.54) is 69.5 Å². The lowest BCUT2D eigenvalue weighted by Gasteiger charge is -2.42. The number of hydrogen-bond acceptors (Lipinski definition) is 2. The minimum atomic E-state index is 0.693. The molecule has 0 N–H and O–H groups in total. The van der Waals surface area contributed by atoms with E-state index in [0.29, 0.717) is 17.9 Å². The molecule has 0 aliphatic carbocycles. The molecule has 0 radical (unpaired) electrons. The van der Waals surface area contributed by atoms with Crippen molar-refractivity contribution < 1.29 is 0 Å². The summed E-state index contributed by atoms with van der Waals surface area (Å²) < 4.78 is 0. The number of rotatable bonds is 6. The number of nitrogens with zero attached hydrogens (tertiary/aromatic N) is 2. The van der Waals surface area contributed by atoms with Gasteiger partial charge < -0.3 is 9.80 Å². The van der Waals surface area contributed by atoms with Crippen molar-refractivity contribution in [3.63, 3.8) is 0 Å². The Balaban J connectivity index is 1.48. The summed E-state index contributed by atoms with van der Waals surface area (Å²) in [7, 11) is 0. The van der Waals surface area contributed by atoms with Crippen LogP contribution < -0.4 is 9.80 Å². The van der Waals surface area contributed by atoms with Crippen molar-refractivity contribution in [1.29, 1.82) is 0 Å². The van der Waals surface area contributed by atoms with Crippen LogP contribution in [0, 0.1) is 17.8 Å². The van der Waals surface area contributed by atoms with Crippen molar-refractivity contribution in [1.82, 2.24) is 0 Å². The molecule has 3 unspecified atom stereocenters. The highest BCUT2D eigenvalue weighted by Crippen LogP contribution is 2.35. The smallest absolute Gasteiger partial charge is 0.0401 e. The van der Waals surface area contributed by atoms with Crippen molar-refractivity contribution in [2.75, 3.05) is 29.4 Å². The van der Waals surface area contributed by atoms with Gasteiger partial charge >= 0.3 is 0 Å². The van der Waals surface area contributed by atoms with Crippen LogP contribution in [-0.4, -0.2) is 25.7 Å². The fourth-order valence-electron chi connectivity index (χ4n) is 5.77. The molecule has 0 bridgehead atoms. The van der Waals surface area contributed by atoms with E-state index in [-0.39, 0.29) is 0 Å². The van der Waals surface area contributed by atoms with Gasteiger partial charge in [0.1, 0.15) is 0 Å². The molecule has 162 valence electrons. The molecule has 2 aliphatic heterocycles. The van der Waals surface area contributed by atoms with E-state index in [1.54, 1.807) is 5.56 Å². The van der Waals surface area contributed by atoms with Gasteiger partial charge in [-0.25, -0.2) is 0 Å². The van der Waals surface area contributed by atoms with Crippen molar-refractivity contribution in [2.24, 2.45) is 17.8 Å². The number of piperidine rings is 2. The Kier molecular flexibility index (Phi) is 7.02. The van der Waals surface area contributed by atoms with Gasteiger partial charge in [-0.1, -0.05) is 57.2 Å². The Hall–Kier alpha value is -1.96. The lowest BCUT2D eigenvalue weighted by atomic mass is 9.82. The van der Waals surface area contributed by atoms with Gasteiger partial charge in [0, 0.05) is 37.1 Å². The van der Waals surface area contributed by atoms with Crippen molar-refractivity contribution >= 4 is 11.4 Å². The number of hydrogen-bond donors (Lipinski definition) is 0. The molecular formula is C28H40N2. The second-order valence-electron chi connectivity index (χ2n) is 9.99. The van der Waals surface area contributed by atoms with Gasteiger partial charge in [-0.2, -0.15) is 0 Å². The summed E-state index contributed by atoms with van der Waals surface area (Å²) >= 11 is 0. The van der Waals surface area contributed by atoms with Crippen molar-refractivity contribution in [2.45, 2.75) is 65.3 Å². The molecule has 3 atom stereocenters. The Morgan fingerprint density at radius 2 is 1.60 bits per heavy atom. The van der Waals surface area contributed by atoms with Gasteiger partial charge in [-0.15, -0.1) is 0 Å². The molecule has 0 spiro atoms. The van der Waals surface area contributed by atoms with Crippen LogP contribution in [0.3, 0.4) is 0 Å². The maximum Gasteiger partial charge on any atom is 0.0401 e. The number of benzene rings is 2. The SMILES string of the molecule is CC(C)C1CCCCN1c1ccccc1CC(C)C1CCCN(c2ccccc2)C1. The van der Waals surface area contributed by atoms with Crippen LogP contribution in [0.4, 0.5) is 11.4 Å². The zero-order chi connectivity index (χ0) is 20.9. The van der Waals surface area contributed by atoms with Gasteiger partial charge in [0.2, 0.25) is 0 Å². The van der Waals surface area contributed by atoms with Crippen LogP contribution in [-0.2, 0) is 6.42 Å². The highest BCUT2D eigenvalue weighted by atomic mass is 15.2. The van der Waals surface area contributed by atoms with E-state index in [9.17, 15) is 0 Å². The summed E-state index contributed by atoms with van der Waals surface area (Å²) in [5.74, 6) is 2.20. The summed E-state index contributed by atoms with van der Waals surface area (Å²) in [5.41, 5.74) is 4.47. The molecule has 2 heterocycles. The molecule has 2 nitrogen and oxygen atoms in total. The zero-order valence-corrected chi connectivity index (χ0v) is 19.3. The molecule has 0 aromatic heterocycles. The lowest BCUT2D eigenvalue weighted by Crippen LogP contribution is -2.43. The van der Waals surface area contributed by atoms with Gasteiger partial charge in [0.25, 0.3) is 0 Å². The predicted molar refractivity (Wildman–Crippen MR) is 131 cm³/mol. The topological polar surface area (TPSA) is 6.48 Å². The number of para-hydroxylation sites is 2. The van der Waals surface area contributed by atoms with E-state index in [4.69, 9.17) is 0 Å². The second-order valence-corrected chi connectivity index (χ2v) is 9.99.